The molecule has 3 unspecified atom stereocenters. The maximum Gasteiger partial charge on any atom is 0.0695 e. The second-order valence-corrected chi connectivity index (χ2v) is 4.36. The Hall–Kier alpha value is -0.120. The predicted octanol–water partition coefficient (Wildman–Crippen LogP) is 0.357. The summed E-state index contributed by atoms with van der Waals surface area (Å²) in [5.41, 5.74) is 0. The Morgan fingerprint density at radius 3 is 2.46 bits per heavy atom. The molecule has 13 heavy (non-hydrogen) atoms. The summed E-state index contributed by atoms with van der Waals surface area (Å²) in [6.45, 7) is 1.82. The third kappa shape index (κ3) is 2.03. The molecule has 0 aromatic rings. The maximum absolute atomic E-state index is 9.70. The predicted molar refractivity (Wildman–Crippen MR) is 50.5 cm³/mol. The highest BCUT2D eigenvalue weighted by Gasteiger charge is 2.32. The van der Waals surface area contributed by atoms with Crippen LogP contribution in [0.2, 0.25) is 0 Å². The SMILES string of the molecule is OC1CCCN(C2CCCC2O)C1. The summed E-state index contributed by atoms with van der Waals surface area (Å²) in [5.74, 6) is 0. The minimum absolute atomic E-state index is 0.148. The molecule has 1 saturated carbocycles. The lowest BCUT2D eigenvalue weighted by atomic mass is 10.0. The first-order chi connectivity index (χ1) is 6.27. The monoisotopic (exact) mass is 185 g/mol. The Kier molecular flexibility index (Phi) is 2.86. The van der Waals surface area contributed by atoms with Gasteiger partial charge in [0.15, 0.2) is 0 Å². The van der Waals surface area contributed by atoms with Crippen molar-refractivity contribution in [3.05, 3.63) is 0 Å². The van der Waals surface area contributed by atoms with E-state index in [-0.39, 0.29) is 12.2 Å². The van der Waals surface area contributed by atoms with E-state index in [0.717, 1.165) is 45.2 Å². The Balaban J connectivity index is 1.91. The van der Waals surface area contributed by atoms with Crippen molar-refractivity contribution in [2.24, 2.45) is 0 Å². The second kappa shape index (κ2) is 3.95. The zero-order valence-electron chi connectivity index (χ0n) is 8.02. The molecule has 0 bridgehead atoms. The van der Waals surface area contributed by atoms with Crippen LogP contribution in [0.15, 0.2) is 0 Å². The number of nitrogens with zero attached hydrogens (tertiary/aromatic N) is 1. The molecule has 0 amide bonds. The van der Waals surface area contributed by atoms with E-state index in [1.807, 2.05) is 0 Å². The molecule has 3 heteroatoms. The van der Waals surface area contributed by atoms with Gasteiger partial charge < -0.3 is 10.2 Å². The minimum atomic E-state index is -0.165. The highest BCUT2D eigenvalue weighted by molar-refractivity contribution is 4.87. The van der Waals surface area contributed by atoms with Gasteiger partial charge in [-0.25, -0.2) is 0 Å². The third-order valence-electron chi connectivity index (χ3n) is 3.34. The molecule has 0 spiro atoms. The molecule has 3 atom stereocenters. The van der Waals surface area contributed by atoms with Crippen LogP contribution in [0.4, 0.5) is 0 Å². The lowest BCUT2D eigenvalue weighted by Gasteiger charge is -2.36. The zero-order valence-corrected chi connectivity index (χ0v) is 8.02. The Morgan fingerprint density at radius 2 is 1.85 bits per heavy atom. The summed E-state index contributed by atoms with van der Waals surface area (Å²) in [7, 11) is 0. The lowest BCUT2D eigenvalue weighted by molar-refractivity contribution is 0.00951. The van der Waals surface area contributed by atoms with E-state index >= 15 is 0 Å². The fraction of sp³-hybridized carbons (Fsp3) is 1.00. The van der Waals surface area contributed by atoms with Crippen molar-refractivity contribution in [1.82, 2.24) is 4.90 Å². The third-order valence-corrected chi connectivity index (χ3v) is 3.34. The number of aliphatic hydroxyl groups excluding tert-OH is 2. The number of likely N-dealkylation sites (tertiary alicyclic amines) is 1. The number of hydrogen-bond acceptors (Lipinski definition) is 3. The van der Waals surface area contributed by atoms with Crippen LogP contribution in [0.1, 0.15) is 32.1 Å². The van der Waals surface area contributed by atoms with E-state index < -0.39 is 0 Å². The Labute approximate surface area is 79.4 Å². The van der Waals surface area contributed by atoms with Crippen LogP contribution in [0.3, 0.4) is 0 Å². The first-order valence-corrected chi connectivity index (χ1v) is 5.37. The van der Waals surface area contributed by atoms with Crippen LogP contribution in [-0.2, 0) is 0 Å². The van der Waals surface area contributed by atoms with Gasteiger partial charge in [0.25, 0.3) is 0 Å². The van der Waals surface area contributed by atoms with Gasteiger partial charge in [-0.15, -0.1) is 0 Å². The molecule has 76 valence electrons. The largest absolute Gasteiger partial charge is 0.392 e. The van der Waals surface area contributed by atoms with E-state index in [4.69, 9.17) is 0 Å². The van der Waals surface area contributed by atoms with Crippen LogP contribution < -0.4 is 0 Å². The van der Waals surface area contributed by atoms with Crippen molar-refractivity contribution in [3.63, 3.8) is 0 Å². The number of piperidine rings is 1. The Bertz CT molecular complexity index is 174. The van der Waals surface area contributed by atoms with E-state index in [0.29, 0.717) is 6.04 Å². The summed E-state index contributed by atoms with van der Waals surface area (Å²) >= 11 is 0. The van der Waals surface area contributed by atoms with Crippen molar-refractivity contribution in [1.29, 1.82) is 0 Å². The Morgan fingerprint density at radius 1 is 1.00 bits per heavy atom. The number of rotatable bonds is 1. The van der Waals surface area contributed by atoms with Gasteiger partial charge in [-0.3, -0.25) is 4.90 Å². The zero-order chi connectivity index (χ0) is 9.26. The summed E-state index contributed by atoms with van der Waals surface area (Å²) < 4.78 is 0. The molecule has 2 N–H and O–H groups in total. The van der Waals surface area contributed by atoms with Crippen LogP contribution in [-0.4, -0.2) is 46.5 Å². The standard InChI is InChI=1S/C10H19NO2/c12-8-3-2-6-11(7-8)9-4-1-5-10(9)13/h8-10,12-13H,1-7H2. The second-order valence-electron chi connectivity index (χ2n) is 4.36. The van der Waals surface area contributed by atoms with Gasteiger partial charge in [-0.1, -0.05) is 0 Å². The molecule has 1 aliphatic carbocycles. The molecule has 0 aromatic carbocycles. The molecule has 1 aliphatic heterocycles. The van der Waals surface area contributed by atoms with Gasteiger partial charge in [0.05, 0.1) is 12.2 Å². The molecular formula is C10H19NO2. The van der Waals surface area contributed by atoms with E-state index in [2.05, 4.69) is 4.90 Å². The molecule has 0 radical (unpaired) electrons. The molecular weight excluding hydrogens is 166 g/mol. The van der Waals surface area contributed by atoms with Gasteiger partial charge in [-0.05, 0) is 38.6 Å². The van der Waals surface area contributed by atoms with Crippen molar-refractivity contribution >= 4 is 0 Å². The van der Waals surface area contributed by atoms with Gasteiger partial charge >= 0.3 is 0 Å². The summed E-state index contributed by atoms with van der Waals surface area (Å²) in [6, 6.07) is 0.329. The van der Waals surface area contributed by atoms with Crippen LogP contribution in [0.25, 0.3) is 0 Å². The summed E-state index contributed by atoms with van der Waals surface area (Å²) in [5, 5.41) is 19.2. The minimum Gasteiger partial charge on any atom is -0.392 e. The molecule has 0 aromatic heterocycles. The van der Waals surface area contributed by atoms with E-state index in [1.54, 1.807) is 0 Å². The molecule has 2 aliphatic rings. The first kappa shape index (κ1) is 9.44. The van der Waals surface area contributed by atoms with E-state index in [1.165, 1.54) is 0 Å². The highest BCUT2D eigenvalue weighted by atomic mass is 16.3. The topological polar surface area (TPSA) is 43.7 Å². The first-order valence-electron chi connectivity index (χ1n) is 5.37. The van der Waals surface area contributed by atoms with E-state index in [9.17, 15) is 10.2 Å². The quantitative estimate of drug-likeness (QED) is 0.620. The molecule has 2 rings (SSSR count). The fourth-order valence-corrected chi connectivity index (χ4v) is 2.63. The van der Waals surface area contributed by atoms with Gasteiger partial charge in [0.1, 0.15) is 0 Å². The average Bonchev–Trinajstić information content (AvgIpc) is 2.51. The summed E-state index contributed by atoms with van der Waals surface area (Å²) in [6.07, 6.45) is 4.87. The molecule has 1 saturated heterocycles. The number of aliphatic hydroxyl groups is 2. The molecule has 2 fully saturated rings. The number of hydrogen-bond donors (Lipinski definition) is 2. The van der Waals surface area contributed by atoms with Crippen molar-refractivity contribution < 1.29 is 10.2 Å². The molecule has 3 nitrogen and oxygen atoms in total. The van der Waals surface area contributed by atoms with Crippen molar-refractivity contribution in [2.75, 3.05) is 13.1 Å². The summed E-state index contributed by atoms with van der Waals surface area (Å²) in [4.78, 5) is 2.27. The van der Waals surface area contributed by atoms with Gasteiger partial charge in [0.2, 0.25) is 0 Å². The van der Waals surface area contributed by atoms with Crippen LogP contribution in [0.5, 0.6) is 0 Å². The molecule has 1 heterocycles. The van der Waals surface area contributed by atoms with Crippen molar-refractivity contribution in [3.8, 4) is 0 Å². The van der Waals surface area contributed by atoms with Crippen LogP contribution in [0, 0.1) is 0 Å². The van der Waals surface area contributed by atoms with Crippen molar-refractivity contribution in [2.45, 2.75) is 50.4 Å². The maximum atomic E-state index is 9.70. The van der Waals surface area contributed by atoms with Gasteiger partial charge in [-0.2, -0.15) is 0 Å². The smallest absolute Gasteiger partial charge is 0.0695 e. The average molecular weight is 185 g/mol. The van der Waals surface area contributed by atoms with Gasteiger partial charge in [0, 0.05) is 12.6 Å². The fourth-order valence-electron chi connectivity index (χ4n) is 2.63. The normalized spacial score (nSPS) is 42.5. The lowest BCUT2D eigenvalue weighted by Crippen LogP contribution is -2.47. The highest BCUT2D eigenvalue weighted by Crippen LogP contribution is 2.26. The number of β-amino-alcohol motifs (C(OH)–C–C–N with tert-alkyl or cyclic N) is 1. The van der Waals surface area contributed by atoms with Crippen LogP contribution >= 0.6 is 0 Å².